The zero-order chi connectivity index (χ0) is 17.0. The number of halogens is 3. The van der Waals surface area contributed by atoms with E-state index in [1.165, 1.54) is 11.4 Å². The molecule has 1 aromatic heterocycles. The van der Waals surface area contributed by atoms with Gasteiger partial charge in [-0.2, -0.15) is 0 Å². The zero-order valence-electron chi connectivity index (χ0n) is 13.4. The van der Waals surface area contributed by atoms with Crippen LogP contribution in [0.3, 0.4) is 0 Å². The monoisotopic (exact) mass is 375 g/mol. The average molecular weight is 376 g/mol. The molecular weight excluding hydrogens is 356 g/mol. The van der Waals surface area contributed by atoms with Crippen LogP contribution in [0.25, 0.3) is 10.6 Å². The standard InChI is InChI=1S/C16H19F2N3OS.ClH/c1-3-16(19,4-2)9-20-14(22)12-8-23-15(21-12)13-10(17)6-5-7-11(13)18;/h5-8H,3-4,9,19H2,1-2H3,(H,20,22);1H. The van der Waals surface area contributed by atoms with Gasteiger partial charge in [-0.15, -0.1) is 23.7 Å². The van der Waals surface area contributed by atoms with Gasteiger partial charge in [0, 0.05) is 17.5 Å². The maximum atomic E-state index is 13.8. The Morgan fingerprint density at radius 3 is 2.42 bits per heavy atom. The van der Waals surface area contributed by atoms with Gasteiger partial charge in [-0.25, -0.2) is 13.8 Å². The highest BCUT2D eigenvalue weighted by atomic mass is 35.5. The van der Waals surface area contributed by atoms with Crippen LogP contribution in [0, 0.1) is 11.6 Å². The van der Waals surface area contributed by atoms with Crippen LogP contribution in [0.2, 0.25) is 0 Å². The highest BCUT2D eigenvalue weighted by Gasteiger charge is 2.22. The van der Waals surface area contributed by atoms with E-state index < -0.39 is 23.1 Å². The van der Waals surface area contributed by atoms with Gasteiger partial charge in [-0.3, -0.25) is 4.79 Å². The Kier molecular flexibility index (Phi) is 7.26. The number of rotatable bonds is 6. The van der Waals surface area contributed by atoms with Crippen LogP contribution in [0.1, 0.15) is 37.2 Å². The molecule has 0 saturated carbocycles. The minimum atomic E-state index is -0.704. The number of hydrogen-bond donors (Lipinski definition) is 2. The maximum absolute atomic E-state index is 13.8. The lowest BCUT2D eigenvalue weighted by atomic mass is 9.94. The summed E-state index contributed by atoms with van der Waals surface area (Å²) in [7, 11) is 0. The predicted molar refractivity (Wildman–Crippen MR) is 94.5 cm³/mol. The number of thiazole rings is 1. The molecule has 0 unspecified atom stereocenters. The molecule has 0 atom stereocenters. The third-order valence-corrected chi connectivity index (χ3v) is 4.78. The van der Waals surface area contributed by atoms with Gasteiger partial charge >= 0.3 is 0 Å². The summed E-state index contributed by atoms with van der Waals surface area (Å²) in [5.41, 5.74) is 5.57. The highest BCUT2D eigenvalue weighted by molar-refractivity contribution is 7.13. The fraction of sp³-hybridized carbons (Fsp3) is 0.375. The van der Waals surface area contributed by atoms with Gasteiger partial charge < -0.3 is 11.1 Å². The Hall–Kier alpha value is -1.57. The summed E-state index contributed by atoms with van der Waals surface area (Å²) in [4.78, 5) is 16.2. The molecule has 132 valence electrons. The van der Waals surface area contributed by atoms with Crippen LogP contribution in [0.15, 0.2) is 23.6 Å². The van der Waals surface area contributed by atoms with E-state index in [-0.39, 0.29) is 28.7 Å². The molecule has 0 radical (unpaired) electrons. The lowest BCUT2D eigenvalue weighted by Crippen LogP contribution is -2.49. The van der Waals surface area contributed by atoms with Crippen molar-refractivity contribution in [1.82, 2.24) is 10.3 Å². The number of aromatic nitrogens is 1. The van der Waals surface area contributed by atoms with Crippen molar-refractivity contribution in [3.05, 3.63) is 40.9 Å². The SMILES string of the molecule is CCC(N)(CC)CNC(=O)c1csc(-c2c(F)cccc2F)n1.Cl. The largest absolute Gasteiger partial charge is 0.349 e. The van der Waals surface area contributed by atoms with Crippen molar-refractivity contribution in [1.29, 1.82) is 0 Å². The third kappa shape index (κ3) is 4.49. The first kappa shape index (κ1) is 20.5. The molecule has 0 saturated heterocycles. The molecule has 4 nitrogen and oxygen atoms in total. The summed E-state index contributed by atoms with van der Waals surface area (Å²) >= 11 is 1.02. The topological polar surface area (TPSA) is 68.0 Å². The number of amides is 1. The number of nitrogens with two attached hydrogens (primary N) is 1. The number of hydrogen-bond acceptors (Lipinski definition) is 4. The Morgan fingerprint density at radius 1 is 1.29 bits per heavy atom. The van der Waals surface area contributed by atoms with Crippen LogP contribution in [-0.4, -0.2) is 23.0 Å². The highest BCUT2D eigenvalue weighted by Crippen LogP contribution is 2.28. The van der Waals surface area contributed by atoms with Gasteiger partial charge in [0.05, 0.1) is 5.56 Å². The minimum absolute atomic E-state index is 0. The molecule has 0 spiro atoms. The molecule has 0 aliphatic heterocycles. The molecule has 2 aromatic rings. The van der Waals surface area contributed by atoms with Crippen molar-refractivity contribution in [2.24, 2.45) is 5.73 Å². The van der Waals surface area contributed by atoms with Gasteiger partial charge in [0.25, 0.3) is 5.91 Å². The van der Waals surface area contributed by atoms with E-state index in [1.807, 2.05) is 13.8 Å². The number of benzene rings is 1. The van der Waals surface area contributed by atoms with Crippen molar-refractivity contribution in [3.63, 3.8) is 0 Å². The first-order valence-corrected chi connectivity index (χ1v) is 8.25. The molecule has 0 aliphatic carbocycles. The van der Waals surface area contributed by atoms with Gasteiger partial charge in [-0.1, -0.05) is 19.9 Å². The van der Waals surface area contributed by atoms with Gasteiger partial charge in [0.1, 0.15) is 22.3 Å². The summed E-state index contributed by atoms with van der Waals surface area (Å²) in [6.45, 7) is 4.23. The minimum Gasteiger partial charge on any atom is -0.349 e. The van der Waals surface area contributed by atoms with Crippen molar-refractivity contribution >= 4 is 29.7 Å². The fourth-order valence-corrected chi connectivity index (χ4v) is 2.89. The smallest absolute Gasteiger partial charge is 0.270 e. The maximum Gasteiger partial charge on any atom is 0.270 e. The van der Waals surface area contributed by atoms with Crippen LogP contribution in [0.4, 0.5) is 8.78 Å². The Balaban J connectivity index is 0.00000288. The predicted octanol–water partition coefficient (Wildman–Crippen LogP) is 3.76. The van der Waals surface area contributed by atoms with E-state index >= 15 is 0 Å². The average Bonchev–Trinajstić information content (AvgIpc) is 3.02. The van der Waals surface area contributed by atoms with Crippen molar-refractivity contribution < 1.29 is 13.6 Å². The lowest BCUT2D eigenvalue weighted by molar-refractivity contribution is 0.0938. The van der Waals surface area contributed by atoms with Crippen LogP contribution >= 0.6 is 23.7 Å². The van der Waals surface area contributed by atoms with Gasteiger partial charge in [0.2, 0.25) is 0 Å². The normalized spacial score (nSPS) is 11.0. The Labute approximate surface area is 149 Å². The number of carbonyl (C=O) groups is 1. The fourth-order valence-electron chi connectivity index (χ4n) is 2.04. The second-order valence-corrected chi connectivity index (χ2v) is 6.24. The van der Waals surface area contributed by atoms with Gasteiger partial charge in [-0.05, 0) is 25.0 Å². The summed E-state index contributed by atoms with van der Waals surface area (Å²) in [6, 6.07) is 3.60. The molecule has 0 aliphatic rings. The molecule has 1 aromatic carbocycles. The number of nitrogens with zero attached hydrogens (tertiary/aromatic N) is 1. The molecule has 8 heteroatoms. The second kappa shape index (κ2) is 8.50. The van der Waals surface area contributed by atoms with E-state index in [2.05, 4.69) is 10.3 Å². The van der Waals surface area contributed by atoms with Crippen molar-refractivity contribution in [2.75, 3.05) is 6.54 Å². The van der Waals surface area contributed by atoms with E-state index in [1.54, 1.807) is 0 Å². The molecular formula is C16H20ClF2N3OS. The van der Waals surface area contributed by atoms with E-state index in [0.717, 1.165) is 36.3 Å². The third-order valence-electron chi connectivity index (χ3n) is 3.92. The molecule has 3 N–H and O–H groups in total. The van der Waals surface area contributed by atoms with Crippen molar-refractivity contribution in [2.45, 2.75) is 32.2 Å². The molecule has 0 bridgehead atoms. The molecule has 1 amide bonds. The first-order chi connectivity index (χ1) is 10.9. The summed E-state index contributed by atoms with van der Waals surface area (Å²) in [5.74, 6) is -1.81. The molecule has 0 fully saturated rings. The van der Waals surface area contributed by atoms with Gasteiger partial charge in [0.15, 0.2) is 0 Å². The summed E-state index contributed by atoms with van der Waals surface area (Å²) in [5, 5.41) is 4.34. The van der Waals surface area contributed by atoms with E-state index in [0.29, 0.717) is 6.54 Å². The lowest BCUT2D eigenvalue weighted by Gasteiger charge is -2.26. The number of carbonyl (C=O) groups excluding carboxylic acids is 1. The zero-order valence-corrected chi connectivity index (χ0v) is 15.1. The number of nitrogens with one attached hydrogen (secondary N) is 1. The Morgan fingerprint density at radius 2 is 1.88 bits per heavy atom. The molecule has 1 heterocycles. The Bertz CT molecular complexity index is 684. The van der Waals surface area contributed by atoms with Crippen LogP contribution in [-0.2, 0) is 0 Å². The van der Waals surface area contributed by atoms with Crippen LogP contribution < -0.4 is 11.1 Å². The van der Waals surface area contributed by atoms with Crippen molar-refractivity contribution in [3.8, 4) is 10.6 Å². The molecule has 2 rings (SSSR count). The first-order valence-electron chi connectivity index (χ1n) is 7.37. The second-order valence-electron chi connectivity index (χ2n) is 5.39. The molecule has 24 heavy (non-hydrogen) atoms. The summed E-state index contributed by atoms with van der Waals surface area (Å²) in [6.07, 6.45) is 1.46. The summed E-state index contributed by atoms with van der Waals surface area (Å²) < 4.78 is 27.5. The van der Waals surface area contributed by atoms with E-state index in [9.17, 15) is 13.6 Å². The van der Waals surface area contributed by atoms with Crippen LogP contribution in [0.5, 0.6) is 0 Å². The van der Waals surface area contributed by atoms with E-state index in [4.69, 9.17) is 5.73 Å². The quantitative estimate of drug-likeness (QED) is 0.807.